The fourth-order valence-corrected chi connectivity index (χ4v) is 3.31. The Morgan fingerprint density at radius 2 is 2.00 bits per heavy atom. The molecule has 3 heteroatoms. The molecule has 23 heavy (non-hydrogen) atoms. The highest BCUT2D eigenvalue weighted by Gasteiger charge is 2.13. The van der Waals surface area contributed by atoms with Gasteiger partial charge in [0.1, 0.15) is 5.75 Å². The smallest absolute Gasteiger partial charge is 0.119 e. The Bertz CT molecular complexity index is 612. The number of ether oxygens (including phenoxy) is 1. The molecule has 1 N–H and O–H groups in total. The fourth-order valence-electron chi connectivity index (χ4n) is 3.31. The lowest BCUT2D eigenvalue weighted by molar-refractivity contribution is 0.244. The van der Waals surface area contributed by atoms with E-state index in [9.17, 15) is 0 Å². The molecule has 0 spiro atoms. The van der Waals surface area contributed by atoms with Gasteiger partial charge in [0.15, 0.2) is 0 Å². The number of hydrogen-bond acceptors (Lipinski definition) is 3. The zero-order chi connectivity index (χ0) is 15.9. The number of aryl methyl sites for hydroxylation is 2. The van der Waals surface area contributed by atoms with Crippen molar-refractivity contribution in [3.8, 4) is 5.75 Å². The van der Waals surface area contributed by atoms with Crippen LogP contribution >= 0.6 is 0 Å². The maximum atomic E-state index is 6.09. The molecule has 1 atom stereocenters. The number of hydrogen-bond donors (Lipinski definition) is 1. The number of fused-ring (bicyclic) bond motifs is 1. The van der Waals surface area contributed by atoms with Crippen molar-refractivity contribution in [2.45, 2.75) is 32.1 Å². The van der Waals surface area contributed by atoms with Crippen LogP contribution in [0, 0.1) is 5.92 Å². The first kappa shape index (κ1) is 16.0. The Hall–Kier alpha value is -1.87. The second kappa shape index (κ2) is 8.11. The van der Waals surface area contributed by atoms with E-state index in [1.807, 2.05) is 25.4 Å². The molecule has 0 aliphatic heterocycles. The molecule has 0 amide bonds. The minimum atomic E-state index is 0.422. The second-order valence-corrected chi connectivity index (χ2v) is 6.40. The summed E-state index contributed by atoms with van der Waals surface area (Å²) in [6, 6.07) is 12.7. The molecule has 1 aliphatic carbocycles. The molecule has 0 radical (unpaired) electrons. The third-order valence-corrected chi connectivity index (χ3v) is 4.52. The van der Waals surface area contributed by atoms with Crippen molar-refractivity contribution in [1.82, 2.24) is 10.3 Å². The van der Waals surface area contributed by atoms with E-state index in [2.05, 4.69) is 34.6 Å². The first-order chi connectivity index (χ1) is 11.3. The third kappa shape index (κ3) is 4.55. The minimum absolute atomic E-state index is 0.422. The first-order valence-electron chi connectivity index (χ1n) is 8.64. The molecule has 3 nitrogen and oxygen atoms in total. The van der Waals surface area contributed by atoms with Crippen LogP contribution in [-0.2, 0) is 19.3 Å². The van der Waals surface area contributed by atoms with Crippen LogP contribution < -0.4 is 10.1 Å². The summed E-state index contributed by atoms with van der Waals surface area (Å²) < 4.78 is 6.09. The summed E-state index contributed by atoms with van der Waals surface area (Å²) >= 11 is 0. The molecular weight excluding hydrogens is 284 g/mol. The highest BCUT2D eigenvalue weighted by molar-refractivity contribution is 5.37. The predicted octanol–water partition coefficient (Wildman–Crippen LogP) is 3.42. The van der Waals surface area contributed by atoms with Crippen LogP contribution in [0.15, 0.2) is 42.6 Å². The standard InChI is InChI=1S/C20H26N2O/c1-21-14-16(12-19-8-4-5-11-22-19)15-23-20-10-9-17-6-2-3-7-18(17)13-20/h4-5,8-11,13,16,21H,2-3,6-7,12,14-15H2,1H3. The van der Waals surface area contributed by atoms with Crippen LogP contribution in [0.25, 0.3) is 0 Å². The fraction of sp³-hybridized carbons (Fsp3) is 0.450. The highest BCUT2D eigenvalue weighted by atomic mass is 16.5. The normalized spacial score (nSPS) is 15.0. The molecule has 0 saturated heterocycles. The van der Waals surface area contributed by atoms with Crippen molar-refractivity contribution in [2.75, 3.05) is 20.2 Å². The van der Waals surface area contributed by atoms with Crippen molar-refractivity contribution in [1.29, 1.82) is 0 Å². The van der Waals surface area contributed by atoms with Gasteiger partial charge >= 0.3 is 0 Å². The summed E-state index contributed by atoms with van der Waals surface area (Å²) in [7, 11) is 1.99. The summed E-state index contributed by atoms with van der Waals surface area (Å²) in [6.45, 7) is 1.65. The summed E-state index contributed by atoms with van der Waals surface area (Å²) in [5.41, 5.74) is 4.11. The predicted molar refractivity (Wildman–Crippen MR) is 93.9 cm³/mol. The van der Waals surface area contributed by atoms with Crippen molar-refractivity contribution >= 4 is 0 Å². The van der Waals surface area contributed by atoms with Crippen LogP contribution in [0.1, 0.15) is 29.7 Å². The molecule has 0 bridgehead atoms. The second-order valence-electron chi connectivity index (χ2n) is 6.40. The maximum absolute atomic E-state index is 6.09. The van der Waals surface area contributed by atoms with E-state index in [4.69, 9.17) is 4.74 Å². The molecule has 1 heterocycles. The van der Waals surface area contributed by atoms with E-state index in [0.29, 0.717) is 5.92 Å². The van der Waals surface area contributed by atoms with Gasteiger partial charge in [-0.05, 0) is 74.5 Å². The van der Waals surface area contributed by atoms with Crippen molar-refractivity contribution < 1.29 is 4.74 Å². The monoisotopic (exact) mass is 310 g/mol. The SMILES string of the molecule is CNCC(COc1ccc2c(c1)CCCC2)Cc1ccccn1. The van der Waals surface area contributed by atoms with Gasteiger partial charge in [-0.1, -0.05) is 12.1 Å². The average molecular weight is 310 g/mol. The first-order valence-corrected chi connectivity index (χ1v) is 8.64. The lowest BCUT2D eigenvalue weighted by Gasteiger charge is -2.19. The largest absolute Gasteiger partial charge is 0.493 e. The number of rotatable bonds is 7. The number of nitrogens with one attached hydrogen (secondary N) is 1. The van der Waals surface area contributed by atoms with Crippen LogP contribution in [0.4, 0.5) is 0 Å². The molecule has 1 unspecified atom stereocenters. The molecule has 0 fully saturated rings. The summed E-state index contributed by atoms with van der Waals surface area (Å²) in [4.78, 5) is 4.43. The average Bonchev–Trinajstić information content (AvgIpc) is 2.60. The zero-order valence-electron chi connectivity index (χ0n) is 13.9. The van der Waals surface area contributed by atoms with Crippen molar-refractivity contribution in [2.24, 2.45) is 5.92 Å². The lowest BCUT2D eigenvalue weighted by Crippen LogP contribution is -2.26. The van der Waals surface area contributed by atoms with Gasteiger partial charge in [-0.2, -0.15) is 0 Å². The van der Waals surface area contributed by atoms with Gasteiger partial charge in [0.2, 0.25) is 0 Å². The summed E-state index contributed by atoms with van der Waals surface area (Å²) in [5.74, 6) is 1.43. The van der Waals surface area contributed by atoms with Gasteiger partial charge in [0, 0.05) is 24.4 Å². The Morgan fingerprint density at radius 1 is 1.13 bits per heavy atom. The number of benzene rings is 1. The van der Waals surface area contributed by atoms with Crippen LogP contribution in [0.5, 0.6) is 5.75 Å². The van der Waals surface area contributed by atoms with E-state index >= 15 is 0 Å². The molecule has 3 rings (SSSR count). The van der Waals surface area contributed by atoms with Gasteiger partial charge in [0.25, 0.3) is 0 Å². The van der Waals surface area contributed by atoms with E-state index in [1.54, 1.807) is 0 Å². The van der Waals surface area contributed by atoms with E-state index in [1.165, 1.54) is 36.8 Å². The van der Waals surface area contributed by atoms with E-state index < -0.39 is 0 Å². The third-order valence-electron chi connectivity index (χ3n) is 4.52. The molecule has 1 aliphatic rings. The topological polar surface area (TPSA) is 34.1 Å². The molecule has 1 aromatic carbocycles. The van der Waals surface area contributed by atoms with Gasteiger partial charge in [-0.3, -0.25) is 4.98 Å². The minimum Gasteiger partial charge on any atom is -0.493 e. The van der Waals surface area contributed by atoms with Crippen LogP contribution in [0.2, 0.25) is 0 Å². The summed E-state index contributed by atoms with van der Waals surface area (Å²) in [6.07, 6.45) is 7.83. The summed E-state index contributed by atoms with van der Waals surface area (Å²) in [5, 5.41) is 3.27. The Kier molecular flexibility index (Phi) is 5.65. The van der Waals surface area contributed by atoms with Crippen molar-refractivity contribution in [3.63, 3.8) is 0 Å². The molecule has 122 valence electrons. The Morgan fingerprint density at radius 3 is 2.78 bits per heavy atom. The van der Waals surface area contributed by atoms with Gasteiger partial charge in [-0.25, -0.2) is 0 Å². The Labute approximate surface area is 139 Å². The Balaban J connectivity index is 1.60. The quantitative estimate of drug-likeness (QED) is 0.851. The van der Waals surface area contributed by atoms with E-state index in [-0.39, 0.29) is 0 Å². The number of pyridine rings is 1. The molecular formula is C20H26N2O. The van der Waals surface area contributed by atoms with E-state index in [0.717, 1.165) is 31.0 Å². The maximum Gasteiger partial charge on any atom is 0.119 e. The van der Waals surface area contributed by atoms with Crippen molar-refractivity contribution in [3.05, 3.63) is 59.4 Å². The number of aromatic nitrogens is 1. The van der Waals surface area contributed by atoms with Gasteiger partial charge in [-0.15, -0.1) is 0 Å². The molecule has 0 saturated carbocycles. The van der Waals surface area contributed by atoms with Gasteiger partial charge < -0.3 is 10.1 Å². The van der Waals surface area contributed by atoms with Gasteiger partial charge in [0.05, 0.1) is 6.61 Å². The molecule has 2 aromatic rings. The highest BCUT2D eigenvalue weighted by Crippen LogP contribution is 2.25. The molecule has 1 aromatic heterocycles. The van der Waals surface area contributed by atoms with Crippen LogP contribution in [0.3, 0.4) is 0 Å². The van der Waals surface area contributed by atoms with Crippen LogP contribution in [-0.4, -0.2) is 25.2 Å². The lowest BCUT2D eigenvalue weighted by atomic mass is 9.92. The zero-order valence-corrected chi connectivity index (χ0v) is 13.9. The number of nitrogens with zero attached hydrogens (tertiary/aromatic N) is 1.